The van der Waals surface area contributed by atoms with Gasteiger partial charge in [-0.25, -0.2) is 4.79 Å². The molecule has 0 unspecified atom stereocenters. The molecule has 4 rings (SSSR count). The molecule has 0 atom stereocenters. The first-order valence-electron chi connectivity index (χ1n) is 8.34. The maximum Gasteiger partial charge on any atom is 0.349 e. The molecule has 0 saturated carbocycles. The summed E-state index contributed by atoms with van der Waals surface area (Å²) in [6.07, 6.45) is 10.1. The zero-order chi connectivity index (χ0) is 17.1. The summed E-state index contributed by atoms with van der Waals surface area (Å²) in [5.74, 6) is 0.801. The van der Waals surface area contributed by atoms with Gasteiger partial charge in [0.2, 0.25) is 0 Å². The summed E-state index contributed by atoms with van der Waals surface area (Å²) < 4.78 is 1.83. The standard InChI is InChI=1S/C19H18N4OS/c24-19-22-18(25-13-15-6-10-21-11-7-15)16-2-1-3-17(16)23(19)12-14-4-8-20-9-5-14/h4-11H,1-3,12-13H2. The average Bonchev–Trinajstić information content (AvgIpc) is 3.14. The molecule has 3 heterocycles. The van der Waals surface area contributed by atoms with E-state index >= 15 is 0 Å². The topological polar surface area (TPSA) is 60.7 Å². The second-order valence-electron chi connectivity index (χ2n) is 6.06. The third kappa shape index (κ3) is 3.49. The van der Waals surface area contributed by atoms with Gasteiger partial charge in [0.1, 0.15) is 5.03 Å². The number of aromatic nitrogens is 4. The number of hydrogen-bond acceptors (Lipinski definition) is 5. The van der Waals surface area contributed by atoms with Crippen molar-refractivity contribution in [3.63, 3.8) is 0 Å². The van der Waals surface area contributed by atoms with Gasteiger partial charge in [-0.3, -0.25) is 14.5 Å². The summed E-state index contributed by atoms with van der Waals surface area (Å²) in [5, 5.41) is 0.889. The lowest BCUT2D eigenvalue weighted by atomic mass is 10.2. The van der Waals surface area contributed by atoms with Crippen LogP contribution in [0.25, 0.3) is 0 Å². The zero-order valence-electron chi connectivity index (χ0n) is 13.8. The maximum atomic E-state index is 12.6. The molecule has 0 fully saturated rings. The van der Waals surface area contributed by atoms with Gasteiger partial charge in [0.25, 0.3) is 0 Å². The zero-order valence-corrected chi connectivity index (χ0v) is 14.6. The quantitative estimate of drug-likeness (QED) is 0.523. The van der Waals surface area contributed by atoms with Crippen molar-refractivity contribution < 1.29 is 0 Å². The highest BCUT2D eigenvalue weighted by Gasteiger charge is 2.22. The Kier molecular flexibility index (Phi) is 4.61. The van der Waals surface area contributed by atoms with E-state index in [1.807, 2.05) is 28.8 Å². The second kappa shape index (κ2) is 7.19. The van der Waals surface area contributed by atoms with Gasteiger partial charge in [-0.1, -0.05) is 0 Å². The second-order valence-corrected chi connectivity index (χ2v) is 7.03. The van der Waals surface area contributed by atoms with Crippen LogP contribution in [0.1, 0.15) is 28.8 Å². The van der Waals surface area contributed by atoms with Gasteiger partial charge in [0, 0.05) is 41.8 Å². The Balaban J connectivity index is 1.63. The summed E-state index contributed by atoms with van der Waals surface area (Å²) >= 11 is 1.65. The van der Waals surface area contributed by atoms with Crippen LogP contribution in [0.15, 0.2) is 58.9 Å². The van der Waals surface area contributed by atoms with E-state index in [9.17, 15) is 4.79 Å². The Morgan fingerprint density at radius 2 is 1.64 bits per heavy atom. The van der Waals surface area contributed by atoms with Gasteiger partial charge in [-0.2, -0.15) is 4.98 Å². The number of pyridine rings is 2. The molecule has 0 amide bonds. The molecule has 6 heteroatoms. The molecule has 1 aliphatic carbocycles. The largest absolute Gasteiger partial charge is 0.349 e. The lowest BCUT2D eigenvalue weighted by Crippen LogP contribution is -2.27. The van der Waals surface area contributed by atoms with Crippen molar-refractivity contribution in [3.8, 4) is 0 Å². The van der Waals surface area contributed by atoms with Crippen LogP contribution in [0, 0.1) is 0 Å². The van der Waals surface area contributed by atoms with Crippen molar-refractivity contribution in [2.75, 3.05) is 0 Å². The fraction of sp³-hybridized carbons (Fsp3) is 0.263. The van der Waals surface area contributed by atoms with Crippen LogP contribution in [-0.2, 0) is 25.1 Å². The Labute approximate surface area is 150 Å². The Hall–Kier alpha value is -2.47. The molecule has 0 N–H and O–H groups in total. The Morgan fingerprint density at radius 3 is 2.36 bits per heavy atom. The highest BCUT2D eigenvalue weighted by Crippen LogP contribution is 2.31. The van der Waals surface area contributed by atoms with Crippen molar-refractivity contribution in [1.29, 1.82) is 0 Å². The first-order chi connectivity index (χ1) is 12.3. The van der Waals surface area contributed by atoms with Gasteiger partial charge in [-0.05, 0) is 54.7 Å². The van der Waals surface area contributed by atoms with Gasteiger partial charge < -0.3 is 0 Å². The van der Waals surface area contributed by atoms with Crippen LogP contribution in [0.4, 0.5) is 0 Å². The van der Waals surface area contributed by atoms with Crippen molar-refractivity contribution in [2.24, 2.45) is 0 Å². The van der Waals surface area contributed by atoms with E-state index in [0.717, 1.165) is 41.3 Å². The van der Waals surface area contributed by atoms with Crippen molar-refractivity contribution >= 4 is 11.8 Å². The molecular weight excluding hydrogens is 332 g/mol. The molecule has 3 aromatic rings. The fourth-order valence-electron chi connectivity index (χ4n) is 3.17. The fourth-order valence-corrected chi connectivity index (χ4v) is 4.20. The van der Waals surface area contributed by atoms with Crippen LogP contribution in [0.5, 0.6) is 0 Å². The minimum Gasteiger partial charge on any atom is -0.292 e. The van der Waals surface area contributed by atoms with Crippen LogP contribution in [-0.4, -0.2) is 19.5 Å². The monoisotopic (exact) mass is 350 g/mol. The van der Waals surface area contributed by atoms with Gasteiger partial charge in [-0.15, -0.1) is 11.8 Å². The Morgan fingerprint density at radius 1 is 0.960 bits per heavy atom. The molecule has 0 radical (unpaired) electrons. The average molecular weight is 350 g/mol. The van der Waals surface area contributed by atoms with E-state index in [1.54, 1.807) is 36.5 Å². The summed E-state index contributed by atoms with van der Waals surface area (Å²) in [5.41, 5.74) is 4.50. The molecule has 25 heavy (non-hydrogen) atoms. The molecule has 1 aliphatic rings. The van der Waals surface area contributed by atoms with Crippen LogP contribution in [0.2, 0.25) is 0 Å². The molecule has 0 saturated heterocycles. The van der Waals surface area contributed by atoms with Gasteiger partial charge in [0.15, 0.2) is 0 Å². The molecule has 0 spiro atoms. The third-order valence-corrected chi connectivity index (χ3v) is 5.50. The highest BCUT2D eigenvalue weighted by molar-refractivity contribution is 7.98. The summed E-state index contributed by atoms with van der Waals surface area (Å²) in [7, 11) is 0. The molecule has 126 valence electrons. The number of thioether (sulfide) groups is 1. The van der Waals surface area contributed by atoms with Gasteiger partial charge in [0.05, 0.1) is 6.54 Å². The van der Waals surface area contributed by atoms with Crippen LogP contribution in [0.3, 0.4) is 0 Å². The van der Waals surface area contributed by atoms with Crippen molar-refractivity contribution in [2.45, 2.75) is 36.6 Å². The molecule has 5 nitrogen and oxygen atoms in total. The van der Waals surface area contributed by atoms with Crippen LogP contribution < -0.4 is 5.69 Å². The summed E-state index contributed by atoms with van der Waals surface area (Å²) in [6.45, 7) is 0.561. The highest BCUT2D eigenvalue weighted by atomic mass is 32.2. The first-order valence-corrected chi connectivity index (χ1v) is 9.33. The Bertz CT molecular complexity index is 925. The van der Waals surface area contributed by atoms with E-state index in [1.165, 1.54) is 11.1 Å². The van der Waals surface area contributed by atoms with E-state index in [-0.39, 0.29) is 5.69 Å². The minimum absolute atomic E-state index is 0.158. The maximum absolute atomic E-state index is 12.6. The summed E-state index contributed by atoms with van der Waals surface area (Å²) in [6, 6.07) is 7.88. The van der Waals surface area contributed by atoms with Gasteiger partial charge >= 0.3 is 5.69 Å². The third-order valence-electron chi connectivity index (χ3n) is 4.42. The number of fused-ring (bicyclic) bond motifs is 1. The summed E-state index contributed by atoms with van der Waals surface area (Å²) in [4.78, 5) is 25.1. The van der Waals surface area contributed by atoms with E-state index in [4.69, 9.17) is 0 Å². The minimum atomic E-state index is -0.158. The predicted octanol–water partition coefficient (Wildman–Crippen LogP) is 2.86. The first kappa shape index (κ1) is 16.0. The van der Waals surface area contributed by atoms with E-state index < -0.39 is 0 Å². The molecule has 3 aromatic heterocycles. The molecule has 0 bridgehead atoms. The van der Waals surface area contributed by atoms with E-state index in [0.29, 0.717) is 6.54 Å². The molecule has 0 aromatic carbocycles. The number of nitrogens with zero attached hydrogens (tertiary/aromatic N) is 4. The SMILES string of the molecule is O=c1nc(SCc2ccncc2)c2c(n1Cc1ccncc1)CCC2. The lowest BCUT2D eigenvalue weighted by Gasteiger charge is -2.14. The van der Waals surface area contributed by atoms with E-state index in [2.05, 4.69) is 15.0 Å². The molecule has 0 aliphatic heterocycles. The number of hydrogen-bond donors (Lipinski definition) is 0. The smallest absolute Gasteiger partial charge is 0.292 e. The van der Waals surface area contributed by atoms with Crippen molar-refractivity contribution in [1.82, 2.24) is 19.5 Å². The van der Waals surface area contributed by atoms with Crippen LogP contribution >= 0.6 is 11.8 Å². The normalized spacial score (nSPS) is 13.0. The molecular formula is C19H18N4OS. The lowest BCUT2D eigenvalue weighted by molar-refractivity contribution is 0.666. The van der Waals surface area contributed by atoms with Crippen molar-refractivity contribution in [3.05, 3.63) is 81.9 Å². The predicted molar refractivity (Wildman–Crippen MR) is 97.7 cm³/mol. The number of rotatable bonds is 5.